The Bertz CT molecular complexity index is 934. The number of nitrogens with one attached hydrogen (secondary N) is 1. The molecule has 0 saturated heterocycles. The Hall–Kier alpha value is -0.249. The molecule has 3 rings (SSSR count). The van der Waals surface area contributed by atoms with Crippen LogP contribution in [0.4, 0.5) is 0 Å². The van der Waals surface area contributed by atoms with Gasteiger partial charge in [0.05, 0.1) is 0 Å². The number of fused-ring (bicyclic) bond motifs is 1. The summed E-state index contributed by atoms with van der Waals surface area (Å²) in [5, 5.41) is 1.76. The Labute approximate surface area is 194 Å². The van der Waals surface area contributed by atoms with Gasteiger partial charge in [-0.15, -0.1) is 0 Å². The number of benzene rings is 1. The molecule has 1 aromatic carbocycles. The monoisotopic (exact) mass is 469 g/mol. The summed E-state index contributed by atoms with van der Waals surface area (Å²) in [6, 6.07) is 8.86. The average molecular weight is 470 g/mol. The maximum absolute atomic E-state index is 3.84. The first-order chi connectivity index (χ1) is 12.0. The third-order valence-corrected chi connectivity index (χ3v) is 12.9. The van der Waals surface area contributed by atoms with Gasteiger partial charge >= 0.3 is 170 Å². The predicted octanol–water partition coefficient (Wildman–Crippen LogP) is 0.0522. The van der Waals surface area contributed by atoms with Crippen LogP contribution in [0, 0.1) is 0 Å². The minimum atomic E-state index is -0.864. The van der Waals surface area contributed by atoms with E-state index in [0.717, 1.165) is 0 Å². The van der Waals surface area contributed by atoms with Crippen LogP contribution in [0.3, 0.4) is 0 Å². The van der Waals surface area contributed by atoms with Gasteiger partial charge in [-0.25, -0.2) is 0 Å². The predicted molar refractivity (Wildman–Crippen MR) is 115 cm³/mol. The first kappa shape index (κ1) is 25.8. The summed E-state index contributed by atoms with van der Waals surface area (Å²) < 4.78 is 3.32. The minimum Gasteiger partial charge on any atom is -1.00 e. The van der Waals surface area contributed by atoms with E-state index in [1.807, 2.05) is 0 Å². The first-order valence-corrected chi connectivity index (χ1v) is 14.2. The molecule has 1 N–H and O–H groups in total. The Morgan fingerprint density at radius 2 is 1.54 bits per heavy atom. The van der Waals surface area contributed by atoms with E-state index in [1.54, 1.807) is 26.2 Å². The van der Waals surface area contributed by atoms with Crippen molar-refractivity contribution in [1.82, 2.24) is 4.98 Å². The molecule has 152 valence electrons. The van der Waals surface area contributed by atoms with Crippen molar-refractivity contribution >= 4 is 23.7 Å². The van der Waals surface area contributed by atoms with Crippen LogP contribution in [0.2, 0.25) is 18.1 Å². The van der Waals surface area contributed by atoms with Gasteiger partial charge in [0.2, 0.25) is 0 Å². The van der Waals surface area contributed by atoms with Crippen molar-refractivity contribution in [3.8, 4) is 0 Å². The van der Waals surface area contributed by atoms with Gasteiger partial charge in [-0.3, -0.25) is 0 Å². The quantitative estimate of drug-likeness (QED) is 0.611. The van der Waals surface area contributed by atoms with Crippen LogP contribution in [0.1, 0.15) is 54.0 Å². The molecule has 1 aliphatic rings. The number of hydrogen-bond acceptors (Lipinski definition) is 0. The van der Waals surface area contributed by atoms with Crippen LogP contribution >= 0.6 is 0 Å². The second-order valence-electron chi connectivity index (χ2n) is 9.40. The van der Waals surface area contributed by atoms with E-state index in [1.165, 1.54) is 14.9 Å². The normalized spacial score (nSPS) is 19.8. The number of rotatable bonds is 3. The Kier molecular flexibility index (Phi) is 8.16. The molecule has 1 heterocycles. The summed E-state index contributed by atoms with van der Waals surface area (Å²) in [4.78, 5) is 3.84. The van der Waals surface area contributed by atoms with E-state index in [0.29, 0.717) is 5.04 Å². The molecule has 2 aromatic rings. The van der Waals surface area contributed by atoms with Crippen molar-refractivity contribution in [3.63, 3.8) is 0 Å². The largest absolute Gasteiger partial charge is 1.00 e. The van der Waals surface area contributed by atoms with Crippen molar-refractivity contribution in [1.29, 1.82) is 0 Å². The summed E-state index contributed by atoms with van der Waals surface area (Å²) in [5.41, 5.74) is 7.80. The second kappa shape index (κ2) is 8.86. The standard InChI is InChI=1S/C12H14N.C11H19Si.2ClH.Ti/c1-12(2,3)10-8-13-11-7-5-4-6-9(10)11;1-8-7-11(4,12(5)6)10(3)9(8)2;;;/h4-7,13H,1-3H3;12H,1-6H3;2*1H;/q;;;;+2/p-2. The zero-order valence-electron chi connectivity index (χ0n) is 18.6. The summed E-state index contributed by atoms with van der Waals surface area (Å²) in [6.45, 7) is 21.8. The summed E-state index contributed by atoms with van der Waals surface area (Å²) in [7, 11) is -0.864. The number of H-pyrrole nitrogens is 1. The molecular formula is C23H33Cl2NSiTi. The molecule has 1 atom stereocenters. The van der Waals surface area contributed by atoms with E-state index in [2.05, 4.69) is 90.8 Å². The zero-order valence-corrected chi connectivity index (χ0v) is 22.9. The average Bonchev–Trinajstić information content (AvgIpc) is 3.01. The first-order valence-electron chi connectivity index (χ1n) is 9.77. The molecule has 5 heteroatoms. The van der Waals surface area contributed by atoms with Gasteiger partial charge in [0.15, 0.2) is 0 Å². The van der Waals surface area contributed by atoms with Crippen molar-refractivity contribution in [2.75, 3.05) is 0 Å². The molecule has 0 bridgehead atoms. The molecule has 1 aliphatic carbocycles. The molecule has 0 aliphatic heterocycles. The van der Waals surface area contributed by atoms with Crippen LogP contribution in [0.5, 0.6) is 0 Å². The second-order valence-corrected chi connectivity index (χ2v) is 14.8. The minimum absolute atomic E-state index is 0. The molecule has 0 spiro atoms. The van der Waals surface area contributed by atoms with E-state index in [-0.39, 0.29) is 49.4 Å². The smallest absolute Gasteiger partial charge is 1.00 e. The Balaban J connectivity index is 0.00000196. The van der Waals surface area contributed by atoms with Crippen molar-refractivity contribution in [2.24, 2.45) is 0 Å². The van der Waals surface area contributed by atoms with Crippen molar-refractivity contribution in [2.45, 2.75) is 72.0 Å². The van der Waals surface area contributed by atoms with Gasteiger partial charge in [0.25, 0.3) is 0 Å². The SMILES string of the molecule is CC1=C(C)C(C)([SiH](C)C)[C]([Ti+2][c]2[nH]c3ccccc3c2C(C)(C)C)=C1C.[Cl-].[Cl-]. The molecule has 0 radical (unpaired) electrons. The van der Waals surface area contributed by atoms with Crippen LogP contribution < -0.4 is 28.8 Å². The van der Waals surface area contributed by atoms with Crippen LogP contribution in [-0.4, -0.2) is 13.8 Å². The van der Waals surface area contributed by atoms with E-state index < -0.39 is 8.80 Å². The summed E-state index contributed by atoms with van der Waals surface area (Å²) >= 11 is -0.385. The van der Waals surface area contributed by atoms with E-state index >= 15 is 0 Å². The Morgan fingerprint density at radius 3 is 2.07 bits per heavy atom. The number of halogens is 2. The number of aromatic nitrogens is 1. The fourth-order valence-corrected chi connectivity index (χ4v) is 11.0. The maximum Gasteiger partial charge on any atom is -1.00 e. The molecule has 1 aromatic heterocycles. The van der Waals surface area contributed by atoms with Crippen molar-refractivity contribution < 1.29 is 44.0 Å². The molecule has 1 unspecified atom stereocenters. The zero-order chi connectivity index (χ0) is 19.4. The molecule has 0 amide bonds. The van der Waals surface area contributed by atoms with E-state index in [4.69, 9.17) is 0 Å². The van der Waals surface area contributed by atoms with E-state index in [9.17, 15) is 0 Å². The summed E-state index contributed by atoms with van der Waals surface area (Å²) in [6.07, 6.45) is 0. The number of aromatic amines is 1. The number of allylic oxidation sites excluding steroid dienone is 4. The fourth-order valence-electron chi connectivity index (χ4n) is 4.52. The molecule has 0 saturated carbocycles. The van der Waals surface area contributed by atoms with Gasteiger partial charge in [-0.2, -0.15) is 0 Å². The third-order valence-electron chi connectivity index (χ3n) is 6.66. The van der Waals surface area contributed by atoms with Gasteiger partial charge < -0.3 is 24.8 Å². The van der Waals surface area contributed by atoms with Crippen LogP contribution in [0.25, 0.3) is 10.9 Å². The van der Waals surface area contributed by atoms with Crippen LogP contribution in [0.15, 0.2) is 44.9 Å². The summed E-state index contributed by atoms with van der Waals surface area (Å²) in [5.74, 6) is 0. The number of para-hydroxylation sites is 1. The topological polar surface area (TPSA) is 15.8 Å². The third kappa shape index (κ3) is 4.01. The maximum atomic E-state index is 3.84. The van der Waals surface area contributed by atoms with Gasteiger partial charge in [-0.1, -0.05) is 0 Å². The molecule has 1 nitrogen and oxygen atoms in total. The number of hydrogen-bond donors (Lipinski definition) is 1. The van der Waals surface area contributed by atoms with Gasteiger partial charge in [0, 0.05) is 0 Å². The fraction of sp³-hybridized carbons (Fsp3) is 0.478. The van der Waals surface area contributed by atoms with Crippen molar-refractivity contribution in [3.05, 3.63) is 50.4 Å². The van der Waals surface area contributed by atoms with Crippen LogP contribution in [-0.2, 0) is 24.6 Å². The molecule has 28 heavy (non-hydrogen) atoms. The molecule has 0 fully saturated rings. The molecular weight excluding hydrogens is 437 g/mol. The van der Waals surface area contributed by atoms with Gasteiger partial charge in [-0.05, 0) is 0 Å². The van der Waals surface area contributed by atoms with Gasteiger partial charge in [0.1, 0.15) is 0 Å². The Morgan fingerprint density at radius 1 is 0.964 bits per heavy atom.